The van der Waals surface area contributed by atoms with Crippen LogP contribution in [0.5, 0.6) is 0 Å². The van der Waals surface area contributed by atoms with E-state index in [0.29, 0.717) is 12.6 Å². The lowest BCUT2D eigenvalue weighted by molar-refractivity contribution is 0.141. The van der Waals surface area contributed by atoms with Gasteiger partial charge in [-0.1, -0.05) is 24.3 Å². The molecule has 1 atom stereocenters. The topological polar surface area (TPSA) is 53.7 Å². The molecule has 0 bridgehead atoms. The van der Waals surface area contributed by atoms with Gasteiger partial charge in [-0.3, -0.25) is 9.30 Å². The quantitative estimate of drug-likeness (QED) is 0.785. The molecule has 1 aliphatic rings. The Morgan fingerprint density at radius 3 is 3.04 bits per heavy atom. The number of aromatic nitrogens is 3. The Balaban J connectivity index is 1.64. The number of imidazole rings is 1. The zero-order valence-electron chi connectivity index (χ0n) is 13.0. The molecule has 118 valence electrons. The summed E-state index contributed by atoms with van der Waals surface area (Å²) in [7, 11) is 0. The molecule has 0 aliphatic heterocycles. The van der Waals surface area contributed by atoms with Crippen molar-refractivity contribution in [3.8, 4) is 0 Å². The van der Waals surface area contributed by atoms with Crippen LogP contribution < -0.4 is 0 Å². The summed E-state index contributed by atoms with van der Waals surface area (Å²) in [6, 6.07) is 10.9. The van der Waals surface area contributed by atoms with Crippen molar-refractivity contribution in [2.75, 3.05) is 13.2 Å². The molecule has 5 nitrogen and oxygen atoms in total. The number of aliphatic hydroxyl groups excluding tert-OH is 1. The van der Waals surface area contributed by atoms with Gasteiger partial charge in [0.25, 0.3) is 0 Å². The van der Waals surface area contributed by atoms with E-state index in [-0.39, 0.29) is 6.61 Å². The molecule has 2 aromatic heterocycles. The predicted molar refractivity (Wildman–Crippen MR) is 88.0 cm³/mol. The zero-order chi connectivity index (χ0) is 15.6. The normalized spacial score (nSPS) is 17.0. The monoisotopic (exact) mass is 308 g/mol. The van der Waals surface area contributed by atoms with Crippen LogP contribution in [0, 0.1) is 0 Å². The highest BCUT2D eigenvalue weighted by Gasteiger charge is 2.27. The Morgan fingerprint density at radius 1 is 1.22 bits per heavy atom. The lowest BCUT2D eigenvalue weighted by Crippen LogP contribution is -2.30. The van der Waals surface area contributed by atoms with Crippen LogP contribution in [-0.4, -0.2) is 37.5 Å². The third kappa shape index (κ3) is 2.62. The molecule has 4 rings (SSSR count). The second kappa shape index (κ2) is 6.10. The van der Waals surface area contributed by atoms with E-state index in [4.69, 9.17) is 0 Å². The second-order valence-corrected chi connectivity index (χ2v) is 5.99. The molecule has 3 aromatic rings. The minimum absolute atomic E-state index is 0.160. The first-order valence-electron chi connectivity index (χ1n) is 8.06. The van der Waals surface area contributed by atoms with E-state index in [1.165, 1.54) is 11.1 Å². The highest BCUT2D eigenvalue weighted by molar-refractivity contribution is 5.35. The van der Waals surface area contributed by atoms with Crippen LogP contribution in [0.2, 0.25) is 0 Å². The Bertz CT molecular complexity index is 813. The largest absolute Gasteiger partial charge is 0.395 e. The van der Waals surface area contributed by atoms with Crippen LogP contribution in [0.15, 0.2) is 48.9 Å². The van der Waals surface area contributed by atoms with Crippen LogP contribution in [0.3, 0.4) is 0 Å². The number of fused-ring (bicyclic) bond motifs is 2. The number of aliphatic hydroxyl groups is 1. The molecule has 1 aromatic carbocycles. The first-order chi connectivity index (χ1) is 11.4. The lowest BCUT2D eigenvalue weighted by atomic mass is 10.1. The van der Waals surface area contributed by atoms with Crippen LogP contribution in [0.1, 0.15) is 29.3 Å². The fourth-order valence-electron chi connectivity index (χ4n) is 3.59. The molecular formula is C18H20N4O. The van der Waals surface area contributed by atoms with Gasteiger partial charge in [0.2, 0.25) is 5.78 Å². The maximum Gasteiger partial charge on any atom is 0.233 e. The van der Waals surface area contributed by atoms with E-state index >= 15 is 0 Å². The van der Waals surface area contributed by atoms with Crippen molar-refractivity contribution in [2.45, 2.75) is 25.4 Å². The number of rotatable bonds is 5. The van der Waals surface area contributed by atoms with Gasteiger partial charge in [-0.25, -0.2) is 9.97 Å². The fourth-order valence-corrected chi connectivity index (χ4v) is 3.59. The molecule has 0 amide bonds. The Hall–Kier alpha value is -2.24. The van der Waals surface area contributed by atoms with E-state index in [0.717, 1.165) is 30.9 Å². The second-order valence-electron chi connectivity index (χ2n) is 5.99. The SMILES string of the molecule is OCCN(Cc1cnc2ncccn12)C1CCc2ccccc21. The van der Waals surface area contributed by atoms with Crippen molar-refractivity contribution in [1.29, 1.82) is 0 Å². The summed E-state index contributed by atoms with van der Waals surface area (Å²) < 4.78 is 2.02. The molecular weight excluding hydrogens is 288 g/mol. The van der Waals surface area contributed by atoms with Gasteiger partial charge in [0, 0.05) is 31.5 Å². The third-order valence-electron chi connectivity index (χ3n) is 4.66. The van der Waals surface area contributed by atoms with Crippen LogP contribution in [0.4, 0.5) is 0 Å². The Morgan fingerprint density at radius 2 is 2.13 bits per heavy atom. The molecule has 0 saturated carbocycles. The average Bonchev–Trinajstić information content (AvgIpc) is 3.19. The van der Waals surface area contributed by atoms with Gasteiger partial charge in [0.05, 0.1) is 18.5 Å². The molecule has 0 fully saturated rings. The first-order valence-corrected chi connectivity index (χ1v) is 8.06. The molecule has 5 heteroatoms. The smallest absolute Gasteiger partial charge is 0.233 e. The number of benzene rings is 1. The molecule has 0 spiro atoms. The van der Waals surface area contributed by atoms with Crippen LogP contribution in [0.25, 0.3) is 5.78 Å². The minimum Gasteiger partial charge on any atom is -0.395 e. The summed E-state index contributed by atoms with van der Waals surface area (Å²) in [6.07, 6.45) is 7.84. The zero-order valence-corrected chi connectivity index (χ0v) is 13.0. The third-order valence-corrected chi connectivity index (χ3v) is 4.66. The highest BCUT2D eigenvalue weighted by Crippen LogP contribution is 2.36. The number of nitrogens with zero attached hydrogens (tertiary/aromatic N) is 4. The lowest BCUT2D eigenvalue weighted by Gasteiger charge is -2.28. The number of hydrogen-bond acceptors (Lipinski definition) is 4. The highest BCUT2D eigenvalue weighted by atomic mass is 16.3. The fraction of sp³-hybridized carbons (Fsp3) is 0.333. The summed E-state index contributed by atoms with van der Waals surface area (Å²) in [6.45, 7) is 1.58. The van der Waals surface area contributed by atoms with Crippen molar-refractivity contribution >= 4 is 5.78 Å². The summed E-state index contributed by atoms with van der Waals surface area (Å²) in [5, 5.41) is 9.51. The standard InChI is InChI=1S/C18H20N4O/c23-11-10-21(17-7-6-14-4-1-2-5-16(14)17)13-15-12-20-18-19-8-3-9-22(15)18/h1-5,8-9,12,17,23H,6-7,10-11,13H2. The summed E-state index contributed by atoms with van der Waals surface area (Å²) in [4.78, 5) is 11.0. The van der Waals surface area contributed by atoms with Crippen LogP contribution >= 0.6 is 0 Å². The number of aryl methyl sites for hydroxylation is 1. The summed E-state index contributed by atoms with van der Waals surface area (Å²) >= 11 is 0. The van der Waals surface area contributed by atoms with Gasteiger partial charge in [-0.05, 0) is 30.0 Å². The predicted octanol–water partition coefficient (Wildman–Crippen LogP) is 2.21. The first kappa shape index (κ1) is 14.4. The summed E-state index contributed by atoms with van der Waals surface area (Å²) in [5.41, 5.74) is 3.93. The van der Waals surface area contributed by atoms with Gasteiger partial charge in [0.1, 0.15) is 0 Å². The molecule has 23 heavy (non-hydrogen) atoms. The minimum atomic E-state index is 0.160. The average molecular weight is 308 g/mol. The van der Waals surface area contributed by atoms with E-state index in [1.54, 1.807) is 6.20 Å². The molecule has 0 saturated heterocycles. The maximum absolute atomic E-state index is 9.51. The van der Waals surface area contributed by atoms with E-state index in [9.17, 15) is 5.11 Å². The van der Waals surface area contributed by atoms with Crippen molar-refractivity contribution in [3.05, 3.63) is 65.7 Å². The van der Waals surface area contributed by atoms with E-state index in [2.05, 4.69) is 39.1 Å². The Kier molecular flexibility index (Phi) is 3.81. The van der Waals surface area contributed by atoms with Crippen molar-refractivity contribution in [3.63, 3.8) is 0 Å². The molecule has 2 heterocycles. The van der Waals surface area contributed by atoms with Gasteiger partial charge in [-0.2, -0.15) is 0 Å². The van der Waals surface area contributed by atoms with Gasteiger partial charge in [0.15, 0.2) is 0 Å². The van der Waals surface area contributed by atoms with Crippen molar-refractivity contribution in [2.24, 2.45) is 0 Å². The van der Waals surface area contributed by atoms with Crippen molar-refractivity contribution in [1.82, 2.24) is 19.3 Å². The van der Waals surface area contributed by atoms with E-state index in [1.807, 2.05) is 22.9 Å². The maximum atomic E-state index is 9.51. The molecule has 1 N–H and O–H groups in total. The van der Waals surface area contributed by atoms with Gasteiger partial charge >= 0.3 is 0 Å². The molecule has 0 radical (unpaired) electrons. The molecule has 1 unspecified atom stereocenters. The molecule has 1 aliphatic carbocycles. The van der Waals surface area contributed by atoms with Gasteiger partial charge in [-0.15, -0.1) is 0 Å². The van der Waals surface area contributed by atoms with E-state index < -0.39 is 0 Å². The van der Waals surface area contributed by atoms with Crippen molar-refractivity contribution < 1.29 is 5.11 Å². The Labute approximate surface area is 135 Å². The number of hydrogen-bond donors (Lipinski definition) is 1. The van der Waals surface area contributed by atoms with Gasteiger partial charge < -0.3 is 5.11 Å². The van der Waals surface area contributed by atoms with Crippen LogP contribution in [-0.2, 0) is 13.0 Å². The summed E-state index contributed by atoms with van der Waals surface area (Å²) in [5.74, 6) is 0.721.